The second kappa shape index (κ2) is 4.99. The van der Waals surface area contributed by atoms with E-state index in [-0.39, 0.29) is 18.2 Å². The maximum Gasteiger partial charge on any atom is 0.123 e. The Bertz CT molecular complexity index is 370. The highest BCUT2D eigenvalue weighted by atomic mass is 19.1. The zero-order valence-corrected chi connectivity index (χ0v) is 7.57. The molecule has 0 aromatic heterocycles. The van der Waals surface area contributed by atoms with Gasteiger partial charge in [-0.1, -0.05) is 12.1 Å². The van der Waals surface area contributed by atoms with Gasteiger partial charge < -0.3 is 0 Å². The van der Waals surface area contributed by atoms with Crippen molar-refractivity contribution in [2.45, 2.75) is 12.8 Å². The van der Waals surface area contributed by atoms with Crippen LogP contribution in [0.25, 0.3) is 0 Å². The molecule has 0 fully saturated rings. The number of hydrogen-bond donors (Lipinski definition) is 0. The molecule has 0 aliphatic rings. The molecule has 0 amide bonds. The maximum absolute atomic E-state index is 12.5. The van der Waals surface area contributed by atoms with Crippen LogP contribution in [0.4, 0.5) is 4.39 Å². The van der Waals surface area contributed by atoms with E-state index < -0.39 is 0 Å². The second-order valence-corrected chi connectivity index (χ2v) is 3.02. The van der Waals surface area contributed by atoms with Gasteiger partial charge in [-0.25, -0.2) is 4.39 Å². The van der Waals surface area contributed by atoms with Gasteiger partial charge in [-0.15, -0.1) is 0 Å². The standard InChI is InChI=1S/C11H9FN2/c12-11-3-1-9(2-4-11)7-10(8-14)5-6-13/h1-4,10H,5,7H2. The Morgan fingerprint density at radius 1 is 1.21 bits per heavy atom. The lowest BCUT2D eigenvalue weighted by Gasteiger charge is -2.03. The van der Waals surface area contributed by atoms with Crippen LogP contribution in [-0.4, -0.2) is 0 Å². The van der Waals surface area contributed by atoms with E-state index in [1.807, 2.05) is 12.1 Å². The van der Waals surface area contributed by atoms with Gasteiger partial charge in [0, 0.05) is 0 Å². The number of hydrogen-bond acceptors (Lipinski definition) is 2. The molecule has 1 aromatic carbocycles. The monoisotopic (exact) mass is 188 g/mol. The average molecular weight is 188 g/mol. The molecule has 2 nitrogen and oxygen atoms in total. The van der Waals surface area contributed by atoms with Crippen LogP contribution in [0.1, 0.15) is 12.0 Å². The lowest BCUT2D eigenvalue weighted by Crippen LogP contribution is -2.00. The fourth-order valence-corrected chi connectivity index (χ4v) is 1.18. The highest BCUT2D eigenvalue weighted by molar-refractivity contribution is 5.18. The molecule has 3 heteroatoms. The minimum Gasteiger partial charge on any atom is -0.207 e. The molecule has 0 N–H and O–H groups in total. The van der Waals surface area contributed by atoms with Crippen LogP contribution in [0.2, 0.25) is 0 Å². The van der Waals surface area contributed by atoms with Crippen LogP contribution >= 0.6 is 0 Å². The van der Waals surface area contributed by atoms with Crippen molar-refractivity contribution in [2.75, 3.05) is 0 Å². The minimum absolute atomic E-state index is 0.216. The number of benzene rings is 1. The molecule has 0 saturated carbocycles. The highest BCUT2D eigenvalue weighted by Gasteiger charge is 2.07. The van der Waals surface area contributed by atoms with E-state index in [9.17, 15) is 4.39 Å². The SMILES string of the molecule is N#CCC(C#N)Cc1ccc(F)cc1. The molecule has 0 heterocycles. The molecule has 0 aliphatic heterocycles. The number of nitriles is 2. The van der Waals surface area contributed by atoms with Gasteiger partial charge in [0.25, 0.3) is 0 Å². The van der Waals surface area contributed by atoms with E-state index in [0.717, 1.165) is 5.56 Å². The zero-order chi connectivity index (χ0) is 10.4. The molecule has 1 atom stereocenters. The van der Waals surface area contributed by atoms with Crippen LogP contribution in [-0.2, 0) is 6.42 Å². The maximum atomic E-state index is 12.5. The fraction of sp³-hybridized carbons (Fsp3) is 0.273. The number of nitrogens with zero attached hydrogens (tertiary/aromatic N) is 2. The van der Waals surface area contributed by atoms with Crippen molar-refractivity contribution < 1.29 is 4.39 Å². The quantitative estimate of drug-likeness (QED) is 0.731. The summed E-state index contributed by atoms with van der Waals surface area (Å²) in [6, 6.07) is 9.99. The largest absolute Gasteiger partial charge is 0.207 e. The van der Waals surface area contributed by atoms with Gasteiger partial charge in [0.05, 0.1) is 24.5 Å². The summed E-state index contributed by atoms with van der Waals surface area (Å²) in [5.74, 6) is -0.590. The summed E-state index contributed by atoms with van der Waals surface area (Å²) in [4.78, 5) is 0. The van der Waals surface area contributed by atoms with Gasteiger partial charge in [0.2, 0.25) is 0 Å². The predicted octanol–water partition coefficient (Wildman–Crippen LogP) is 2.42. The van der Waals surface area contributed by atoms with Crippen LogP contribution < -0.4 is 0 Å². The van der Waals surface area contributed by atoms with E-state index in [2.05, 4.69) is 0 Å². The third kappa shape index (κ3) is 2.88. The third-order valence-electron chi connectivity index (χ3n) is 1.92. The highest BCUT2D eigenvalue weighted by Crippen LogP contribution is 2.11. The average Bonchev–Trinajstić information content (AvgIpc) is 2.20. The van der Waals surface area contributed by atoms with Crippen molar-refractivity contribution in [1.29, 1.82) is 10.5 Å². The third-order valence-corrected chi connectivity index (χ3v) is 1.92. The number of halogens is 1. The van der Waals surface area contributed by atoms with E-state index in [4.69, 9.17) is 10.5 Å². The Labute approximate surface area is 82.2 Å². The molecule has 0 spiro atoms. The van der Waals surface area contributed by atoms with Crippen LogP contribution in [0, 0.1) is 34.4 Å². The number of rotatable bonds is 3. The predicted molar refractivity (Wildman–Crippen MR) is 49.4 cm³/mol. The molecule has 14 heavy (non-hydrogen) atoms. The van der Waals surface area contributed by atoms with Crippen molar-refractivity contribution in [3.05, 3.63) is 35.6 Å². The van der Waals surface area contributed by atoms with Crippen LogP contribution in [0.3, 0.4) is 0 Å². The Balaban J connectivity index is 2.65. The van der Waals surface area contributed by atoms with E-state index in [1.54, 1.807) is 12.1 Å². The van der Waals surface area contributed by atoms with Gasteiger partial charge in [-0.2, -0.15) is 10.5 Å². The fourth-order valence-electron chi connectivity index (χ4n) is 1.18. The molecule has 1 unspecified atom stereocenters. The summed E-state index contributed by atoms with van der Waals surface area (Å²) in [5.41, 5.74) is 0.883. The summed E-state index contributed by atoms with van der Waals surface area (Å²) < 4.78 is 12.5. The van der Waals surface area contributed by atoms with Crippen molar-refractivity contribution in [2.24, 2.45) is 5.92 Å². The van der Waals surface area contributed by atoms with E-state index in [1.165, 1.54) is 12.1 Å². The molecular formula is C11H9FN2. The summed E-state index contributed by atoms with van der Waals surface area (Å²) >= 11 is 0. The van der Waals surface area contributed by atoms with E-state index >= 15 is 0 Å². The lowest BCUT2D eigenvalue weighted by molar-refractivity contribution is 0.624. The Morgan fingerprint density at radius 2 is 1.86 bits per heavy atom. The molecule has 1 aromatic rings. The van der Waals surface area contributed by atoms with Gasteiger partial charge in [-0.3, -0.25) is 0 Å². The summed E-state index contributed by atoms with van der Waals surface area (Å²) in [7, 11) is 0. The Kier molecular flexibility index (Phi) is 3.64. The van der Waals surface area contributed by atoms with Crippen molar-refractivity contribution >= 4 is 0 Å². The summed E-state index contributed by atoms with van der Waals surface area (Å²) in [6.07, 6.45) is 0.720. The van der Waals surface area contributed by atoms with Crippen LogP contribution in [0.5, 0.6) is 0 Å². The van der Waals surface area contributed by atoms with Crippen molar-refractivity contribution in [1.82, 2.24) is 0 Å². The van der Waals surface area contributed by atoms with Crippen molar-refractivity contribution in [3.8, 4) is 12.1 Å². The molecule has 0 saturated heterocycles. The molecular weight excluding hydrogens is 179 g/mol. The zero-order valence-electron chi connectivity index (χ0n) is 7.57. The van der Waals surface area contributed by atoms with Gasteiger partial charge in [0.15, 0.2) is 0 Å². The first-order valence-electron chi connectivity index (χ1n) is 4.27. The first-order chi connectivity index (χ1) is 6.76. The minimum atomic E-state index is -0.300. The topological polar surface area (TPSA) is 47.6 Å². The van der Waals surface area contributed by atoms with Gasteiger partial charge in [0.1, 0.15) is 5.82 Å². The molecule has 70 valence electrons. The second-order valence-electron chi connectivity index (χ2n) is 3.02. The molecule has 0 aliphatic carbocycles. The Hall–Kier alpha value is -1.87. The van der Waals surface area contributed by atoms with Crippen molar-refractivity contribution in [3.63, 3.8) is 0 Å². The van der Waals surface area contributed by atoms with Crippen LogP contribution in [0.15, 0.2) is 24.3 Å². The van der Waals surface area contributed by atoms with Gasteiger partial charge >= 0.3 is 0 Å². The van der Waals surface area contributed by atoms with Gasteiger partial charge in [-0.05, 0) is 24.1 Å². The smallest absolute Gasteiger partial charge is 0.123 e. The first-order valence-corrected chi connectivity index (χ1v) is 4.27. The normalized spacial score (nSPS) is 11.4. The summed E-state index contributed by atoms with van der Waals surface area (Å²) in [5, 5.41) is 17.1. The summed E-state index contributed by atoms with van der Waals surface area (Å²) in [6.45, 7) is 0. The molecule has 1 rings (SSSR count). The Morgan fingerprint density at radius 3 is 2.36 bits per heavy atom. The molecule has 0 radical (unpaired) electrons. The lowest BCUT2D eigenvalue weighted by atomic mass is 9.98. The van der Waals surface area contributed by atoms with E-state index in [0.29, 0.717) is 6.42 Å². The first kappa shape index (κ1) is 10.2. The molecule has 0 bridgehead atoms.